The Labute approximate surface area is 160 Å². The maximum atomic E-state index is 5.75. The molecule has 26 heavy (non-hydrogen) atoms. The van der Waals surface area contributed by atoms with Crippen LogP contribution < -0.4 is 4.74 Å². The molecule has 0 saturated carbocycles. The summed E-state index contributed by atoms with van der Waals surface area (Å²) in [7, 11) is 1.67. The first-order valence-corrected chi connectivity index (χ1v) is 10.1. The molecule has 1 aromatic heterocycles. The highest BCUT2D eigenvalue weighted by atomic mass is 32.2. The van der Waals surface area contributed by atoms with Crippen LogP contribution in [0.5, 0.6) is 5.75 Å². The third-order valence-corrected chi connectivity index (χ3v) is 6.30. The van der Waals surface area contributed by atoms with E-state index in [4.69, 9.17) is 9.15 Å². The molecule has 1 aliphatic heterocycles. The van der Waals surface area contributed by atoms with Gasteiger partial charge in [-0.3, -0.25) is 4.99 Å². The molecule has 2 heterocycles. The van der Waals surface area contributed by atoms with Crippen LogP contribution in [0.25, 0.3) is 11.5 Å². The highest BCUT2D eigenvalue weighted by molar-refractivity contribution is 8.16. The molecule has 0 saturated heterocycles. The number of thioether (sulfide) groups is 2. The molecular formula is C19H17N3O2S2. The van der Waals surface area contributed by atoms with E-state index in [-0.39, 0.29) is 0 Å². The molecule has 7 heteroatoms. The minimum Gasteiger partial charge on any atom is -0.497 e. The van der Waals surface area contributed by atoms with Crippen molar-refractivity contribution in [2.75, 3.05) is 19.4 Å². The summed E-state index contributed by atoms with van der Waals surface area (Å²) in [6.07, 6.45) is 0. The van der Waals surface area contributed by atoms with Crippen molar-refractivity contribution in [2.45, 2.75) is 10.5 Å². The van der Waals surface area contributed by atoms with E-state index in [9.17, 15) is 0 Å². The Kier molecular flexibility index (Phi) is 5.26. The van der Waals surface area contributed by atoms with Crippen LogP contribution in [0.15, 0.2) is 69.2 Å². The van der Waals surface area contributed by atoms with Crippen LogP contribution in [-0.2, 0) is 0 Å². The zero-order valence-electron chi connectivity index (χ0n) is 14.2. The average molecular weight is 383 g/mol. The summed E-state index contributed by atoms with van der Waals surface area (Å²) in [5.41, 5.74) is 2.07. The second kappa shape index (κ2) is 7.97. The summed E-state index contributed by atoms with van der Waals surface area (Å²) >= 11 is 3.38. The fourth-order valence-electron chi connectivity index (χ4n) is 2.53. The number of ether oxygens (including phenoxy) is 1. The molecule has 0 bridgehead atoms. The fourth-order valence-corrected chi connectivity index (χ4v) is 4.56. The van der Waals surface area contributed by atoms with Gasteiger partial charge in [0.15, 0.2) is 0 Å². The predicted octanol–water partition coefficient (Wildman–Crippen LogP) is 4.40. The van der Waals surface area contributed by atoms with Crippen molar-refractivity contribution in [2.24, 2.45) is 4.99 Å². The van der Waals surface area contributed by atoms with Gasteiger partial charge in [0.1, 0.15) is 5.75 Å². The van der Waals surface area contributed by atoms with Crippen LogP contribution in [0.1, 0.15) is 5.56 Å². The molecule has 5 nitrogen and oxygen atoms in total. The number of rotatable bonds is 6. The Bertz CT molecular complexity index is 895. The second-order valence-electron chi connectivity index (χ2n) is 5.66. The van der Waals surface area contributed by atoms with Crippen LogP contribution >= 0.6 is 23.5 Å². The van der Waals surface area contributed by atoms with Crippen molar-refractivity contribution in [1.29, 1.82) is 0 Å². The molecule has 4 rings (SSSR count). The molecule has 2 aromatic carbocycles. The number of aliphatic imine (C=N–C) groups is 1. The Morgan fingerprint density at radius 2 is 1.88 bits per heavy atom. The maximum Gasteiger partial charge on any atom is 0.276 e. The van der Waals surface area contributed by atoms with Crippen molar-refractivity contribution in [3.05, 3.63) is 60.2 Å². The highest BCUT2D eigenvalue weighted by Gasteiger charge is 2.22. The van der Waals surface area contributed by atoms with E-state index >= 15 is 0 Å². The van der Waals surface area contributed by atoms with Crippen LogP contribution in [-0.4, -0.2) is 39.9 Å². The van der Waals surface area contributed by atoms with Gasteiger partial charge in [0, 0.05) is 22.1 Å². The summed E-state index contributed by atoms with van der Waals surface area (Å²) < 4.78 is 10.9. The lowest BCUT2D eigenvalue weighted by molar-refractivity contribution is 0.415. The number of benzene rings is 2. The van der Waals surface area contributed by atoms with Crippen molar-refractivity contribution in [3.8, 4) is 17.2 Å². The standard InChI is InChI=1S/C19H17N3O2S2/c1-23-15-9-7-14(8-10-15)18-20-11-16(26-18)12-25-19-22-21-17(24-19)13-5-3-2-4-6-13/h2-10,16H,11-12H2,1H3. The Morgan fingerprint density at radius 3 is 2.65 bits per heavy atom. The Hall–Kier alpha value is -2.25. The molecular weight excluding hydrogens is 366 g/mol. The molecule has 0 amide bonds. The van der Waals surface area contributed by atoms with Crippen LogP contribution in [0.2, 0.25) is 0 Å². The van der Waals surface area contributed by atoms with E-state index in [1.165, 1.54) is 0 Å². The maximum absolute atomic E-state index is 5.75. The normalized spacial score (nSPS) is 16.5. The van der Waals surface area contributed by atoms with Crippen LogP contribution in [0.4, 0.5) is 0 Å². The number of methoxy groups -OCH3 is 1. The molecule has 1 unspecified atom stereocenters. The molecule has 0 fully saturated rings. The Balaban J connectivity index is 1.32. The summed E-state index contributed by atoms with van der Waals surface area (Å²) in [6.45, 7) is 0.804. The summed E-state index contributed by atoms with van der Waals surface area (Å²) in [5.74, 6) is 2.29. The van der Waals surface area contributed by atoms with E-state index < -0.39 is 0 Å². The molecule has 3 aromatic rings. The van der Waals surface area contributed by atoms with Gasteiger partial charge in [-0.2, -0.15) is 0 Å². The van der Waals surface area contributed by atoms with Gasteiger partial charge in [-0.15, -0.1) is 22.0 Å². The first-order valence-electron chi connectivity index (χ1n) is 8.19. The molecule has 0 N–H and O–H groups in total. The van der Waals surface area contributed by atoms with Gasteiger partial charge in [-0.05, 0) is 36.4 Å². The van der Waals surface area contributed by atoms with Gasteiger partial charge in [-0.1, -0.05) is 30.0 Å². The molecule has 0 aliphatic carbocycles. The van der Waals surface area contributed by atoms with Gasteiger partial charge in [0.05, 0.1) is 18.7 Å². The monoisotopic (exact) mass is 383 g/mol. The minimum atomic E-state index is 0.407. The first kappa shape index (κ1) is 17.2. The average Bonchev–Trinajstić information content (AvgIpc) is 3.37. The van der Waals surface area contributed by atoms with E-state index in [0.717, 1.165) is 34.2 Å². The number of hydrogen-bond donors (Lipinski definition) is 0. The van der Waals surface area contributed by atoms with Gasteiger partial charge < -0.3 is 9.15 Å². The fraction of sp³-hybridized carbons (Fsp3) is 0.211. The van der Waals surface area contributed by atoms with Crippen LogP contribution in [0.3, 0.4) is 0 Å². The zero-order chi connectivity index (χ0) is 17.8. The smallest absolute Gasteiger partial charge is 0.276 e. The van der Waals surface area contributed by atoms with E-state index in [0.29, 0.717) is 16.4 Å². The summed E-state index contributed by atoms with van der Waals surface area (Å²) in [5, 5.41) is 10.3. The molecule has 0 spiro atoms. The lowest BCUT2D eigenvalue weighted by atomic mass is 10.2. The SMILES string of the molecule is COc1ccc(C2=NCC(CSc3nnc(-c4ccccc4)o3)S2)cc1. The predicted molar refractivity (Wildman–Crippen MR) is 106 cm³/mol. The molecule has 1 atom stereocenters. The van der Waals surface area contributed by atoms with Crippen molar-refractivity contribution in [1.82, 2.24) is 10.2 Å². The van der Waals surface area contributed by atoms with E-state index in [1.54, 1.807) is 30.6 Å². The zero-order valence-corrected chi connectivity index (χ0v) is 15.8. The number of nitrogens with zero attached hydrogens (tertiary/aromatic N) is 3. The molecule has 132 valence electrons. The highest BCUT2D eigenvalue weighted by Crippen LogP contribution is 2.31. The number of hydrogen-bond acceptors (Lipinski definition) is 7. The van der Waals surface area contributed by atoms with Crippen molar-refractivity contribution < 1.29 is 9.15 Å². The second-order valence-corrected chi connectivity index (χ2v) is 7.92. The van der Waals surface area contributed by atoms with Crippen molar-refractivity contribution >= 4 is 28.6 Å². The third kappa shape index (κ3) is 3.94. The van der Waals surface area contributed by atoms with E-state index in [2.05, 4.69) is 15.2 Å². The van der Waals surface area contributed by atoms with Crippen molar-refractivity contribution in [3.63, 3.8) is 0 Å². The number of aromatic nitrogens is 2. The Morgan fingerprint density at radius 1 is 1.08 bits per heavy atom. The summed E-state index contributed by atoms with van der Waals surface area (Å²) in [4.78, 5) is 4.67. The van der Waals surface area contributed by atoms with Gasteiger partial charge in [0.25, 0.3) is 5.22 Å². The lowest BCUT2D eigenvalue weighted by Gasteiger charge is -2.06. The topological polar surface area (TPSA) is 60.5 Å². The molecule has 0 radical (unpaired) electrons. The summed E-state index contributed by atoms with van der Waals surface area (Å²) in [6, 6.07) is 17.8. The van der Waals surface area contributed by atoms with Gasteiger partial charge in [-0.25, -0.2) is 0 Å². The minimum absolute atomic E-state index is 0.407. The van der Waals surface area contributed by atoms with Gasteiger partial charge in [0.2, 0.25) is 5.89 Å². The quantitative estimate of drug-likeness (QED) is 0.588. The lowest BCUT2D eigenvalue weighted by Crippen LogP contribution is -2.06. The first-order chi connectivity index (χ1) is 12.8. The van der Waals surface area contributed by atoms with Crippen LogP contribution in [0, 0.1) is 0 Å². The van der Waals surface area contributed by atoms with Gasteiger partial charge >= 0.3 is 0 Å². The van der Waals surface area contributed by atoms with E-state index in [1.807, 2.05) is 54.6 Å². The largest absolute Gasteiger partial charge is 0.497 e. The third-order valence-electron chi connectivity index (χ3n) is 3.87. The molecule has 1 aliphatic rings.